The number of nitrogens with zero attached hydrogens (tertiary/aromatic N) is 2. The van der Waals surface area contributed by atoms with E-state index < -0.39 is 0 Å². The van der Waals surface area contributed by atoms with Gasteiger partial charge in [-0.3, -0.25) is 4.79 Å². The van der Waals surface area contributed by atoms with Crippen molar-refractivity contribution in [2.75, 3.05) is 0 Å². The average molecular weight is 248 g/mol. The number of benzene rings is 1. The smallest absolute Gasteiger partial charge is 0.142 e. The Morgan fingerprint density at radius 1 is 1.00 bits per heavy atom. The van der Waals surface area contributed by atoms with E-state index >= 15 is 0 Å². The van der Waals surface area contributed by atoms with Crippen LogP contribution in [0.25, 0.3) is 22.9 Å². The van der Waals surface area contributed by atoms with E-state index in [2.05, 4.69) is 5.10 Å². The predicted molar refractivity (Wildman–Crippen MR) is 75.7 cm³/mol. The van der Waals surface area contributed by atoms with Gasteiger partial charge in [-0.2, -0.15) is 5.10 Å². The molecule has 0 saturated carbocycles. The molecule has 0 spiro atoms. The second-order valence-electron chi connectivity index (χ2n) is 4.15. The Bertz CT molecular complexity index is 742. The molecule has 0 N–H and O–H groups in total. The lowest BCUT2D eigenvalue weighted by Crippen LogP contribution is -1.84. The van der Waals surface area contributed by atoms with Gasteiger partial charge in [-0.25, -0.2) is 4.52 Å². The summed E-state index contributed by atoms with van der Waals surface area (Å²) in [5.41, 5.74) is 3.86. The molecule has 2 aromatic heterocycles. The van der Waals surface area contributed by atoms with Crippen LogP contribution in [-0.2, 0) is 4.79 Å². The SMILES string of the molecule is O=CC=Cc1c(-c2ccccc2)nn2ccccc12. The molecule has 19 heavy (non-hydrogen) atoms. The molecule has 3 rings (SSSR count). The highest BCUT2D eigenvalue weighted by molar-refractivity contribution is 5.86. The van der Waals surface area contributed by atoms with E-state index in [0.717, 1.165) is 28.6 Å². The third kappa shape index (κ3) is 2.06. The number of allylic oxidation sites excluding steroid dienone is 1. The summed E-state index contributed by atoms with van der Waals surface area (Å²) in [4.78, 5) is 10.6. The number of aldehydes is 1. The lowest BCUT2D eigenvalue weighted by atomic mass is 10.1. The van der Waals surface area contributed by atoms with Crippen LogP contribution < -0.4 is 0 Å². The zero-order valence-corrected chi connectivity index (χ0v) is 10.2. The zero-order valence-electron chi connectivity index (χ0n) is 10.2. The standard InChI is InChI=1S/C16H12N2O/c19-12-6-9-14-15-10-4-5-11-18(15)17-16(14)13-7-2-1-3-8-13/h1-12H. The van der Waals surface area contributed by atoms with Gasteiger partial charge in [0, 0.05) is 17.3 Å². The average Bonchev–Trinajstić information content (AvgIpc) is 2.85. The van der Waals surface area contributed by atoms with Crippen LogP contribution in [0.3, 0.4) is 0 Å². The van der Waals surface area contributed by atoms with Gasteiger partial charge >= 0.3 is 0 Å². The minimum absolute atomic E-state index is 0.779. The van der Waals surface area contributed by atoms with Crippen molar-refractivity contribution in [2.24, 2.45) is 0 Å². The first kappa shape index (κ1) is 11.4. The summed E-state index contributed by atoms with van der Waals surface area (Å²) in [5.74, 6) is 0. The summed E-state index contributed by atoms with van der Waals surface area (Å²) in [7, 11) is 0. The van der Waals surface area contributed by atoms with Gasteiger partial charge in [0.15, 0.2) is 0 Å². The molecule has 0 aliphatic rings. The molecule has 0 atom stereocenters. The van der Waals surface area contributed by atoms with Crippen molar-refractivity contribution in [2.45, 2.75) is 0 Å². The quantitative estimate of drug-likeness (QED) is 0.527. The summed E-state index contributed by atoms with van der Waals surface area (Å²) in [5, 5.41) is 4.59. The number of aromatic nitrogens is 2. The summed E-state index contributed by atoms with van der Waals surface area (Å²) in [6, 6.07) is 15.8. The normalized spacial score (nSPS) is 11.2. The van der Waals surface area contributed by atoms with E-state index in [4.69, 9.17) is 0 Å². The van der Waals surface area contributed by atoms with Crippen LogP contribution >= 0.6 is 0 Å². The molecule has 0 bridgehead atoms. The molecule has 2 heterocycles. The summed E-state index contributed by atoms with van der Waals surface area (Å²) in [6.45, 7) is 0. The Kier molecular flexibility index (Phi) is 2.94. The van der Waals surface area contributed by atoms with Crippen molar-refractivity contribution >= 4 is 17.9 Å². The molecule has 92 valence electrons. The molecular weight excluding hydrogens is 236 g/mol. The van der Waals surface area contributed by atoms with Gasteiger partial charge in [-0.15, -0.1) is 0 Å². The van der Waals surface area contributed by atoms with Crippen molar-refractivity contribution in [3.8, 4) is 11.3 Å². The molecule has 1 aromatic carbocycles. The van der Waals surface area contributed by atoms with Crippen LogP contribution in [0.4, 0.5) is 0 Å². The molecular formula is C16H12N2O. The van der Waals surface area contributed by atoms with Gasteiger partial charge in [0.2, 0.25) is 0 Å². The lowest BCUT2D eigenvalue weighted by molar-refractivity contribution is -0.104. The molecule has 0 radical (unpaired) electrons. The van der Waals surface area contributed by atoms with Crippen LogP contribution in [0.5, 0.6) is 0 Å². The third-order valence-corrected chi connectivity index (χ3v) is 2.97. The van der Waals surface area contributed by atoms with Crippen LogP contribution in [0, 0.1) is 0 Å². The van der Waals surface area contributed by atoms with E-state index in [1.54, 1.807) is 6.08 Å². The Balaban J connectivity index is 2.29. The fourth-order valence-electron chi connectivity index (χ4n) is 2.13. The van der Waals surface area contributed by atoms with Crippen LogP contribution in [0.2, 0.25) is 0 Å². The van der Waals surface area contributed by atoms with Gasteiger partial charge in [-0.1, -0.05) is 36.4 Å². The largest absolute Gasteiger partial charge is 0.299 e. The van der Waals surface area contributed by atoms with E-state index in [0.29, 0.717) is 0 Å². The van der Waals surface area contributed by atoms with Gasteiger partial charge in [0.25, 0.3) is 0 Å². The minimum atomic E-state index is 0.779. The van der Waals surface area contributed by atoms with Gasteiger partial charge in [0.1, 0.15) is 12.0 Å². The molecule has 3 aromatic rings. The maximum Gasteiger partial charge on any atom is 0.142 e. The Morgan fingerprint density at radius 3 is 2.58 bits per heavy atom. The summed E-state index contributed by atoms with van der Waals surface area (Å²) in [6.07, 6.45) is 5.98. The maximum atomic E-state index is 10.6. The first-order valence-corrected chi connectivity index (χ1v) is 6.05. The number of hydrogen-bond acceptors (Lipinski definition) is 2. The topological polar surface area (TPSA) is 34.4 Å². The minimum Gasteiger partial charge on any atom is -0.299 e. The molecule has 0 unspecified atom stereocenters. The Labute approximate surface area is 110 Å². The van der Waals surface area contributed by atoms with Gasteiger partial charge in [-0.05, 0) is 24.3 Å². The second kappa shape index (κ2) is 4.90. The van der Waals surface area contributed by atoms with E-state index in [9.17, 15) is 4.79 Å². The maximum absolute atomic E-state index is 10.6. The van der Waals surface area contributed by atoms with E-state index in [1.165, 1.54) is 6.08 Å². The summed E-state index contributed by atoms with van der Waals surface area (Å²) >= 11 is 0. The first-order chi connectivity index (χ1) is 9.40. The van der Waals surface area contributed by atoms with E-state index in [1.807, 2.05) is 59.2 Å². The van der Waals surface area contributed by atoms with Crippen molar-refractivity contribution < 1.29 is 4.79 Å². The highest BCUT2D eigenvalue weighted by Gasteiger charge is 2.11. The monoisotopic (exact) mass is 248 g/mol. The lowest BCUT2D eigenvalue weighted by Gasteiger charge is -1.97. The zero-order chi connectivity index (χ0) is 13.1. The van der Waals surface area contributed by atoms with Gasteiger partial charge in [0.05, 0.1) is 5.52 Å². The number of rotatable bonds is 3. The predicted octanol–water partition coefficient (Wildman–Crippen LogP) is 3.21. The fraction of sp³-hybridized carbons (Fsp3) is 0. The number of fused-ring (bicyclic) bond motifs is 1. The molecule has 0 amide bonds. The van der Waals surface area contributed by atoms with Crippen molar-refractivity contribution in [3.05, 3.63) is 66.4 Å². The third-order valence-electron chi connectivity index (χ3n) is 2.97. The van der Waals surface area contributed by atoms with Crippen molar-refractivity contribution in [1.29, 1.82) is 0 Å². The van der Waals surface area contributed by atoms with Crippen LogP contribution in [0.1, 0.15) is 5.56 Å². The Morgan fingerprint density at radius 2 is 1.79 bits per heavy atom. The molecule has 0 aliphatic carbocycles. The fourth-order valence-corrected chi connectivity index (χ4v) is 2.13. The number of carbonyl (C=O) groups is 1. The van der Waals surface area contributed by atoms with Crippen LogP contribution in [-0.4, -0.2) is 15.9 Å². The highest BCUT2D eigenvalue weighted by atomic mass is 16.1. The summed E-state index contributed by atoms with van der Waals surface area (Å²) < 4.78 is 1.83. The highest BCUT2D eigenvalue weighted by Crippen LogP contribution is 2.26. The number of hydrogen-bond donors (Lipinski definition) is 0. The van der Waals surface area contributed by atoms with Crippen LogP contribution in [0.15, 0.2) is 60.8 Å². The Hall–Kier alpha value is -2.68. The van der Waals surface area contributed by atoms with Gasteiger partial charge < -0.3 is 0 Å². The molecule has 3 nitrogen and oxygen atoms in total. The molecule has 0 fully saturated rings. The number of carbonyl (C=O) groups excluding carboxylic acids is 1. The molecule has 0 aliphatic heterocycles. The van der Waals surface area contributed by atoms with E-state index in [-0.39, 0.29) is 0 Å². The number of pyridine rings is 1. The first-order valence-electron chi connectivity index (χ1n) is 6.05. The molecule has 3 heteroatoms. The van der Waals surface area contributed by atoms with Crippen molar-refractivity contribution in [3.63, 3.8) is 0 Å². The molecule has 0 saturated heterocycles. The second-order valence-corrected chi connectivity index (χ2v) is 4.15. The van der Waals surface area contributed by atoms with Crippen molar-refractivity contribution in [1.82, 2.24) is 9.61 Å².